The van der Waals surface area contributed by atoms with Gasteiger partial charge in [0, 0.05) is 25.3 Å². The Morgan fingerprint density at radius 1 is 0.793 bits per heavy atom. The van der Waals surface area contributed by atoms with Crippen LogP contribution < -0.4 is 5.32 Å². The fourth-order valence-electron chi connectivity index (χ4n) is 1.69. The standard InChI is InChI=1S/C18H25N3O8/c1-5-14(22)27-11-8-19-17(25)21(10-13-29-16(24)7-3)18(26)20(4)9-12-28-15(23)6-2/h5-7H,1-3,8-13H2,4H3,(H,19,25). The molecule has 160 valence electrons. The summed E-state index contributed by atoms with van der Waals surface area (Å²) in [5, 5.41) is 2.40. The second-order valence-electron chi connectivity index (χ2n) is 5.20. The quantitative estimate of drug-likeness (QED) is 0.209. The Morgan fingerprint density at radius 3 is 1.72 bits per heavy atom. The summed E-state index contributed by atoms with van der Waals surface area (Å²) >= 11 is 0. The average Bonchev–Trinajstić information content (AvgIpc) is 2.72. The van der Waals surface area contributed by atoms with Crippen molar-refractivity contribution in [1.29, 1.82) is 0 Å². The van der Waals surface area contributed by atoms with E-state index in [0.717, 1.165) is 28.0 Å². The fraction of sp³-hybridized carbons (Fsp3) is 0.389. The van der Waals surface area contributed by atoms with Gasteiger partial charge in [-0.1, -0.05) is 19.7 Å². The maximum atomic E-state index is 12.5. The van der Waals surface area contributed by atoms with E-state index in [0.29, 0.717) is 0 Å². The first-order valence-electron chi connectivity index (χ1n) is 8.44. The van der Waals surface area contributed by atoms with E-state index < -0.39 is 30.0 Å². The van der Waals surface area contributed by atoms with Gasteiger partial charge in [-0.2, -0.15) is 0 Å². The summed E-state index contributed by atoms with van der Waals surface area (Å²) in [6.45, 7) is 8.94. The maximum absolute atomic E-state index is 12.5. The van der Waals surface area contributed by atoms with Crippen molar-refractivity contribution in [1.82, 2.24) is 15.1 Å². The van der Waals surface area contributed by atoms with Crippen molar-refractivity contribution < 1.29 is 38.2 Å². The average molecular weight is 411 g/mol. The van der Waals surface area contributed by atoms with Gasteiger partial charge in [-0.25, -0.2) is 28.9 Å². The summed E-state index contributed by atoms with van der Waals surface area (Å²) < 4.78 is 14.3. The molecular weight excluding hydrogens is 386 g/mol. The minimum atomic E-state index is -0.797. The number of hydrogen-bond acceptors (Lipinski definition) is 8. The third-order valence-electron chi connectivity index (χ3n) is 3.16. The topological polar surface area (TPSA) is 132 Å². The summed E-state index contributed by atoms with van der Waals surface area (Å²) in [4.78, 5) is 59.9. The molecule has 4 amide bonds. The van der Waals surface area contributed by atoms with Crippen LogP contribution in [0.1, 0.15) is 0 Å². The zero-order valence-electron chi connectivity index (χ0n) is 16.3. The highest BCUT2D eigenvalue weighted by molar-refractivity contribution is 5.93. The van der Waals surface area contributed by atoms with Gasteiger partial charge in [0.05, 0.1) is 19.6 Å². The Bertz CT molecular complexity index is 647. The molecule has 11 heteroatoms. The van der Waals surface area contributed by atoms with E-state index in [9.17, 15) is 24.0 Å². The number of likely N-dealkylation sites (N-methyl/N-ethyl adjacent to an activating group) is 1. The van der Waals surface area contributed by atoms with E-state index in [1.54, 1.807) is 0 Å². The lowest BCUT2D eigenvalue weighted by Gasteiger charge is -2.26. The Hall–Kier alpha value is -3.63. The third-order valence-corrected chi connectivity index (χ3v) is 3.16. The summed E-state index contributed by atoms with van der Waals surface area (Å²) in [7, 11) is 1.39. The van der Waals surface area contributed by atoms with Crippen LogP contribution in [0.15, 0.2) is 38.0 Å². The highest BCUT2D eigenvalue weighted by Gasteiger charge is 2.24. The highest BCUT2D eigenvalue weighted by Crippen LogP contribution is 2.00. The number of carbonyl (C=O) groups is 5. The van der Waals surface area contributed by atoms with E-state index in [1.807, 2.05) is 0 Å². The van der Waals surface area contributed by atoms with Gasteiger partial charge in [0.1, 0.15) is 19.8 Å². The minimum absolute atomic E-state index is 0.00554. The van der Waals surface area contributed by atoms with E-state index >= 15 is 0 Å². The molecule has 0 unspecified atom stereocenters. The van der Waals surface area contributed by atoms with Gasteiger partial charge in [-0.15, -0.1) is 0 Å². The normalized spacial score (nSPS) is 9.41. The monoisotopic (exact) mass is 411 g/mol. The van der Waals surface area contributed by atoms with Crippen LogP contribution in [0.5, 0.6) is 0 Å². The van der Waals surface area contributed by atoms with Crippen LogP contribution in [0.2, 0.25) is 0 Å². The largest absolute Gasteiger partial charge is 0.461 e. The molecule has 0 aromatic carbocycles. The lowest BCUT2D eigenvalue weighted by atomic mass is 10.5. The zero-order valence-corrected chi connectivity index (χ0v) is 16.3. The zero-order chi connectivity index (χ0) is 22.2. The number of amides is 4. The van der Waals surface area contributed by atoms with Gasteiger partial charge < -0.3 is 24.4 Å². The Labute approximate surface area is 168 Å². The van der Waals surface area contributed by atoms with Crippen LogP contribution in [0.3, 0.4) is 0 Å². The number of nitrogens with one attached hydrogen (secondary N) is 1. The molecule has 1 N–H and O–H groups in total. The smallest absolute Gasteiger partial charge is 0.330 e. The maximum Gasteiger partial charge on any atom is 0.330 e. The number of ether oxygens (including phenoxy) is 3. The Kier molecular flexibility index (Phi) is 12.6. The number of hydrogen-bond donors (Lipinski definition) is 1. The second kappa shape index (κ2) is 14.4. The van der Waals surface area contributed by atoms with Crippen LogP contribution in [-0.4, -0.2) is 86.3 Å². The lowest BCUT2D eigenvalue weighted by Crippen LogP contribution is -2.51. The van der Waals surface area contributed by atoms with Crippen molar-refractivity contribution >= 4 is 30.0 Å². The molecule has 0 spiro atoms. The van der Waals surface area contributed by atoms with Crippen molar-refractivity contribution in [2.45, 2.75) is 0 Å². The number of esters is 3. The molecule has 0 fully saturated rings. The van der Waals surface area contributed by atoms with Crippen LogP contribution in [0.25, 0.3) is 0 Å². The molecule has 0 atom stereocenters. The first-order valence-corrected chi connectivity index (χ1v) is 8.44. The van der Waals surface area contributed by atoms with E-state index in [-0.39, 0.29) is 39.5 Å². The predicted molar refractivity (Wildman–Crippen MR) is 102 cm³/mol. The van der Waals surface area contributed by atoms with E-state index in [4.69, 9.17) is 14.2 Å². The number of carbonyl (C=O) groups excluding carboxylic acids is 5. The molecule has 0 radical (unpaired) electrons. The van der Waals surface area contributed by atoms with Crippen molar-refractivity contribution in [2.75, 3.05) is 46.5 Å². The second-order valence-corrected chi connectivity index (χ2v) is 5.20. The van der Waals surface area contributed by atoms with Crippen LogP contribution in [-0.2, 0) is 28.6 Å². The summed E-state index contributed by atoms with van der Waals surface area (Å²) in [6, 6.07) is -1.52. The molecule has 0 bridgehead atoms. The molecule has 0 aliphatic heterocycles. The molecule has 0 aliphatic carbocycles. The summed E-state index contributed by atoms with van der Waals surface area (Å²) in [5.74, 6) is -2.01. The predicted octanol–water partition coefficient (Wildman–Crippen LogP) is 0.237. The summed E-state index contributed by atoms with van der Waals surface area (Å²) in [6.07, 6.45) is 2.90. The molecule has 0 aliphatic rings. The SMILES string of the molecule is C=CC(=O)OCCNC(=O)N(CCOC(=O)C=C)C(=O)N(C)CCOC(=O)C=C. The molecule has 0 heterocycles. The van der Waals surface area contributed by atoms with Crippen molar-refractivity contribution in [3.8, 4) is 0 Å². The summed E-state index contributed by atoms with van der Waals surface area (Å²) in [5.41, 5.74) is 0. The third kappa shape index (κ3) is 11.0. The fourth-order valence-corrected chi connectivity index (χ4v) is 1.69. The van der Waals surface area contributed by atoms with Crippen LogP contribution >= 0.6 is 0 Å². The Morgan fingerprint density at radius 2 is 1.24 bits per heavy atom. The van der Waals surface area contributed by atoms with E-state index in [1.165, 1.54) is 7.05 Å². The van der Waals surface area contributed by atoms with Gasteiger partial charge in [0.25, 0.3) is 0 Å². The molecule has 0 rings (SSSR count). The number of nitrogens with zero attached hydrogens (tertiary/aromatic N) is 2. The van der Waals surface area contributed by atoms with Crippen LogP contribution in [0, 0.1) is 0 Å². The first-order chi connectivity index (χ1) is 13.8. The number of rotatable bonds is 12. The van der Waals surface area contributed by atoms with Gasteiger partial charge >= 0.3 is 30.0 Å². The molecule has 29 heavy (non-hydrogen) atoms. The minimum Gasteiger partial charge on any atom is -0.461 e. The molecular formula is C18H25N3O8. The van der Waals surface area contributed by atoms with Gasteiger partial charge in [-0.05, 0) is 0 Å². The lowest BCUT2D eigenvalue weighted by molar-refractivity contribution is -0.138. The molecule has 0 saturated carbocycles. The molecule has 0 saturated heterocycles. The molecule has 0 aromatic heterocycles. The van der Waals surface area contributed by atoms with E-state index in [2.05, 4.69) is 25.1 Å². The number of imide groups is 1. The molecule has 11 nitrogen and oxygen atoms in total. The van der Waals surface area contributed by atoms with Crippen LogP contribution in [0.4, 0.5) is 9.59 Å². The van der Waals surface area contributed by atoms with Gasteiger partial charge in [0.15, 0.2) is 0 Å². The first kappa shape index (κ1) is 25.4. The van der Waals surface area contributed by atoms with Crippen molar-refractivity contribution in [3.63, 3.8) is 0 Å². The number of urea groups is 2. The Balaban J connectivity index is 4.82. The van der Waals surface area contributed by atoms with Crippen molar-refractivity contribution in [3.05, 3.63) is 38.0 Å². The van der Waals surface area contributed by atoms with Crippen molar-refractivity contribution in [2.24, 2.45) is 0 Å². The van der Waals surface area contributed by atoms with Gasteiger partial charge in [-0.3, -0.25) is 0 Å². The highest BCUT2D eigenvalue weighted by atomic mass is 16.5. The molecule has 0 aromatic rings. The van der Waals surface area contributed by atoms with Gasteiger partial charge in [0.2, 0.25) is 0 Å².